The van der Waals surface area contributed by atoms with Gasteiger partial charge in [0.1, 0.15) is 11.6 Å². The monoisotopic (exact) mass is 294 g/mol. The van der Waals surface area contributed by atoms with Gasteiger partial charge in [-0.3, -0.25) is 4.79 Å². The third-order valence-corrected chi connectivity index (χ3v) is 3.77. The smallest absolute Gasteiger partial charge is 0.242 e. The van der Waals surface area contributed by atoms with E-state index in [0.29, 0.717) is 24.0 Å². The standard InChI is InChI=1S/C13H15ClN4O2/c1-7-4-16-18-6-10(14)17-13(12(7)18)20-8(2)9-3-11(19)15-5-9/h4,6,8-9H,3,5H2,1-2H3,(H,15,19). The van der Waals surface area contributed by atoms with Crippen molar-refractivity contribution in [3.8, 4) is 5.88 Å². The molecule has 3 heterocycles. The van der Waals surface area contributed by atoms with Gasteiger partial charge in [-0.25, -0.2) is 4.52 Å². The highest BCUT2D eigenvalue weighted by molar-refractivity contribution is 6.29. The summed E-state index contributed by atoms with van der Waals surface area (Å²) in [6.45, 7) is 4.51. The second-order valence-electron chi connectivity index (χ2n) is 5.08. The van der Waals surface area contributed by atoms with E-state index in [9.17, 15) is 4.79 Å². The summed E-state index contributed by atoms with van der Waals surface area (Å²) in [5.74, 6) is 0.668. The van der Waals surface area contributed by atoms with Crippen LogP contribution in [0.3, 0.4) is 0 Å². The highest BCUT2D eigenvalue weighted by Gasteiger charge is 2.28. The van der Waals surface area contributed by atoms with Crippen molar-refractivity contribution in [1.82, 2.24) is 19.9 Å². The van der Waals surface area contributed by atoms with Gasteiger partial charge < -0.3 is 10.1 Å². The van der Waals surface area contributed by atoms with Crippen LogP contribution in [0.15, 0.2) is 12.4 Å². The number of nitrogens with one attached hydrogen (secondary N) is 1. The number of rotatable bonds is 3. The Bertz CT molecular complexity index is 670. The molecule has 2 unspecified atom stereocenters. The van der Waals surface area contributed by atoms with Crippen LogP contribution < -0.4 is 10.1 Å². The highest BCUT2D eigenvalue weighted by Crippen LogP contribution is 2.26. The van der Waals surface area contributed by atoms with Crippen molar-refractivity contribution in [3.05, 3.63) is 23.1 Å². The summed E-state index contributed by atoms with van der Waals surface area (Å²) in [5, 5.41) is 7.33. The maximum Gasteiger partial charge on any atom is 0.242 e. The topological polar surface area (TPSA) is 68.5 Å². The Kier molecular flexibility index (Phi) is 3.25. The van der Waals surface area contributed by atoms with E-state index >= 15 is 0 Å². The molecule has 0 aromatic carbocycles. The molecule has 106 valence electrons. The molecular formula is C13H15ClN4O2. The number of carbonyl (C=O) groups excluding carboxylic acids is 1. The Balaban J connectivity index is 1.90. The number of hydrogen-bond acceptors (Lipinski definition) is 4. The molecule has 1 aliphatic rings. The van der Waals surface area contributed by atoms with E-state index in [0.717, 1.165) is 11.1 Å². The lowest BCUT2D eigenvalue weighted by molar-refractivity contribution is -0.119. The fourth-order valence-electron chi connectivity index (χ4n) is 2.41. The van der Waals surface area contributed by atoms with Crippen LogP contribution in [0.5, 0.6) is 5.88 Å². The molecule has 1 aliphatic heterocycles. The zero-order chi connectivity index (χ0) is 14.3. The fraction of sp³-hybridized carbons (Fsp3) is 0.462. The van der Waals surface area contributed by atoms with E-state index < -0.39 is 0 Å². The van der Waals surface area contributed by atoms with Crippen LogP contribution in [0.25, 0.3) is 5.52 Å². The van der Waals surface area contributed by atoms with Crippen LogP contribution in [0.4, 0.5) is 0 Å². The third kappa shape index (κ3) is 2.31. The molecule has 0 spiro atoms. The second-order valence-corrected chi connectivity index (χ2v) is 5.47. The van der Waals surface area contributed by atoms with Crippen LogP contribution in [-0.4, -0.2) is 33.2 Å². The minimum Gasteiger partial charge on any atom is -0.473 e. The number of ether oxygens (including phenoxy) is 1. The van der Waals surface area contributed by atoms with E-state index in [1.165, 1.54) is 0 Å². The number of amides is 1. The van der Waals surface area contributed by atoms with E-state index in [4.69, 9.17) is 16.3 Å². The molecule has 3 rings (SSSR count). The van der Waals surface area contributed by atoms with Gasteiger partial charge in [-0.05, 0) is 13.8 Å². The number of nitrogens with zero attached hydrogens (tertiary/aromatic N) is 3. The Morgan fingerprint density at radius 1 is 1.60 bits per heavy atom. The van der Waals surface area contributed by atoms with Crippen molar-refractivity contribution in [2.45, 2.75) is 26.4 Å². The normalized spacial score (nSPS) is 20.1. The quantitative estimate of drug-likeness (QED) is 0.933. The van der Waals surface area contributed by atoms with Gasteiger partial charge in [-0.15, -0.1) is 0 Å². The largest absolute Gasteiger partial charge is 0.473 e. The SMILES string of the molecule is Cc1cnn2cc(Cl)nc(OC(C)C3CNC(=O)C3)c12. The lowest BCUT2D eigenvalue weighted by atomic mass is 10.0. The average Bonchev–Trinajstić information content (AvgIpc) is 2.96. The number of hydrogen-bond donors (Lipinski definition) is 1. The first kappa shape index (κ1) is 13.2. The molecule has 0 aliphatic carbocycles. The molecule has 2 atom stereocenters. The zero-order valence-electron chi connectivity index (χ0n) is 11.3. The lowest BCUT2D eigenvalue weighted by Crippen LogP contribution is -2.26. The first-order valence-corrected chi connectivity index (χ1v) is 6.86. The summed E-state index contributed by atoms with van der Waals surface area (Å²) in [7, 11) is 0. The van der Waals surface area contributed by atoms with Crippen LogP contribution in [0.1, 0.15) is 18.9 Å². The maximum atomic E-state index is 11.3. The highest BCUT2D eigenvalue weighted by atomic mass is 35.5. The average molecular weight is 295 g/mol. The van der Waals surface area contributed by atoms with Gasteiger partial charge in [-0.2, -0.15) is 10.1 Å². The van der Waals surface area contributed by atoms with Crippen molar-refractivity contribution < 1.29 is 9.53 Å². The molecule has 7 heteroatoms. The van der Waals surface area contributed by atoms with Crippen LogP contribution in [-0.2, 0) is 4.79 Å². The van der Waals surface area contributed by atoms with Crippen LogP contribution in [0, 0.1) is 12.8 Å². The van der Waals surface area contributed by atoms with Crippen molar-refractivity contribution >= 4 is 23.0 Å². The minimum atomic E-state index is -0.127. The predicted molar refractivity (Wildman–Crippen MR) is 73.9 cm³/mol. The molecule has 0 radical (unpaired) electrons. The minimum absolute atomic E-state index is 0.0650. The summed E-state index contributed by atoms with van der Waals surface area (Å²) in [6, 6.07) is 0. The van der Waals surface area contributed by atoms with Crippen molar-refractivity contribution in [3.63, 3.8) is 0 Å². The predicted octanol–water partition coefficient (Wildman–Crippen LogP) is 1.59. The number of carbonyl (C=O) groups is 1. The fourth-order valence-corrected chi connectivity index (χ4v) is 2.58. The summed E-state index contributed by atoms with van der Waals surface area (Å²) >= 11 is 5.98. The Hall–Kier alpha value is -1.82. The maximum absolute atomic E-state index is 11.3. The van der Waals surface area contributed by atoms with Crippen LogP contribution >= 0.6 is 11.6 Å². The first-order chi connectivity index (χ1) is 9.54. The molecule has 2 aromatic rings. The van der Waals surface area contributed by atoms with Crippen molar-refractivity contribution in [1.29, 1.82) is 0 Å². The van der Waals surface area contributed by atoms with Gasteiger partial charge in [0.25, 0.3) is 0 Å². The summed E-state index contributed by atoms with van der Waals surface area (Å²) in [6.07, 6.45) is 3.74. The van der Waals surface area contributed by atoms with Crippen LogP contribution in [0.2, 0.25) is 5.15 Å². The Morgan fingerprint density at radius 2 is 2.40 bits per heavy atom. The second kappa shape index (κ2) is 4.94. The van der Waals surface area contributed by atoms with Crippen molar-refractivity contribution in [2.24, 2.45) is 5.92 Å². The molecule has 6 nitrogen and oxygen atoms in total. The molecule has 20 heavy (non-hydrogen) atoms. The Labute approximate surface area is 121 Å². The van der Waals surface area contributed by atoms with E-state index in [2.05, 4.69) is 15.4 Å². The van der Waals surface area contributed by atoms with E-state index in [-0.39, 0.29) is 17.9 Å². The number of aromatic nitrogens is 3. The summed E-state index contributed by atoms with van der Waals surface area (Å²) in [4.78, 5) is 15.5. The molecule has 0 bridgehead atoms. The van der Waals surface area contributed by atoms with Gasteiger partial charge in [0.05, 0.1) is 12.4 Å². The first-order valence-electron chi connectivity index (χ1n) is 6.48. The van der Waals surface area contributed by atoms with Gasteiger partial charge in [0, 0.05) is 24.4 Å². The molecule has 1 fully saturated rings. The molecule has 1 N–H and O–H groups in total. The number of aryl methyl sites for hydroxylation is 1. The van der Waals surface area contributed by atoms with Gasteiger partial charge in [0.15, 0.2) is 5.15 Å². The summed E-state index contributed by atoms with van der Waals surface area (Å²) in [5.41, 5.74) is 1.77. The van der Waals surface area contributed by atoms with Gasteiger partial charge in [0.2, 0.25) is 11.8 Å². The lowest BCUT2D eigenvalue weighted by Gasteiger charge is -2.19. The number of halogens is 1. The van der Waals surface area contributed by atoms with Gasteiger partial charge in [-0.1, -0.05) is 11.6 Å². The third-order valence-electron chi connectivity index (χ3n) is 3.59. The van der Waals surface area contributed by atoms with Crippen molar-refractivity contribution in [2.75, 3.05) is 6.54 Å². The molecule has 1 amide bonds. The van der Waals surface area contributed by atoms with Gasteiger partial charge >= 0.3 is 0 Å². The van der Waals surface area contributed by atoms with E-state index in [1.54, 1.807) is 16.9 Å². The zero-order valence-corrected chi connectivity index (χ0v) is 12.0. The Morgan fingerprint density at radius 3 is 3.10 bits per heavy atom. The van der Waals surface area contributed by atoms with E-state index in [1.807, 2.05) is 13.8 Å². The summed E-state index contributed by atoms with van der Waals surface area (Å²) < 4.78 is 7.59. The number of fused-ring (bicyclic) bond motifs is 1. The molecular weight excluding hydrogens is 280 g/mol. The molecule has 1 saturated heterocycles. The molecule has 0 saturated carbocycles. The molecule has 2 aromatic heterocycles.